The molecular weight excluding hydrogens is 328 g/mol. The molecule has 0 saturated heterocycles. The van der Waals surface area contributed by atoms with Crippen molar-refractivity contribution in [1.29, 1.82) is 0 Å². The van der Waals surface area contributed by atoms with Gasteiger partial charge in [-0.05, 0) is 6.04 Å². The molecule has 146 valence electrons. The van der Waals surface area contributed by atoms with E-state index < -0.39 is 7.38 Å². The molecular formula is C22H47ClSi. The number of unbranched alkanes of at least 4 members (excludes halogenated alkanes) is 17. The van der Waals surface area contributed by atoms with E-state index in [1.54, 1.807) is 0 Å². The van der Waals surface area contributed by atoms with Crippen molar-refractivity contribution in [2.45, 2.75) is 142 Å². The summed E-state index contributed by atoms with van der Waals surface area (Å²) in [7, 11) is -1.30. The first-order valence-electron chi connectivity index (χ1n) is 11.2. The molecule has 0 aliphatic rings. The topological polar surface area (TPSA) is 0 Å². The molecule has 0 fully saturated rings. The van der Waals surface area contributed by atoms with Gasteiger partial charge in [-0.3, -0.25) is 0 Å². The van der Waals surface area contributed by atoms with Crippen LogP contribution in [-0.4, -0.2) is 7.38 Å². The second kappa shape index (κ2) is 18.3. The summed E-state index contributed by atoms with van der Waals surface area (Å²) in [6, 6.07) is 1.30. The molecule has 0 saturated carbocycles. The zero-order valence-corrected chi connectivity index (χ0v) is 19.1. The minimum atomic E-state index is -1.30. The van der Waals surface area contributed by atoms with Gasteiger partial charge in [-0.15, -0.1) is 0 Å². The maximum atomic E-state index is 6.35. The summed E-state index contributed by atoms with van der Waals surface area (Å²) in [4.78, 5) is 0. The fourth-order valence-corrected chi connectivity index (χ4v) is 4.94. The maximum Gasteiger partial charge on any atom is 0.150 e. The van der Waals surface area contributed by atoms with Crippen LogP contribution in [0.3, 0.4) is 0 Å². The summed E-state index contributed by atoms with van der Waals surface area (Å²) in [5.74, 6) is 0. The first kappa shape index (κ1) is 24.5. The summed E-state index contributed by atoms with van der Waals surface area (Å²) < 4.78 is 0. The molecule has 0 rings (SSSR count). The Bertz CT molecular complexity index is 235. The Morgan fingerprint density at radius 2 is 0.708 bits per heavy atom. The average Bonchev–Trinajstić information content (AvgIpc) is 2.52. The van der Waals surface area contributed by atoms with Gasteiger partial charge in [-0.2, -0.15) is 11.1 Å². The third-order valence-corrected chi connectivity index (χ3v) is 7.23. The normalized spacial score (nSPS) is 12.0. The average molecular weight is 375 g/mol. The van der Waals surface area contributed by atoms with Gasteiger partial charge in [-0.1, -0.05) is 136 Å². The fraction of sp³-hybridized carbons (Fsp3) is 1.00. The molecule has 0 aromatic heterocycles. The van der Waals surface area contributed by atoms with Crippen molar-refractivity contribution < 1.29 is 0 Å². The van der Waals surface area contributed by atoms with E-state index in [0.29, 0.717) is 0 Å². The van der Waals surface area contributed by atoms with Crippen LogP contribution >= 0.6 is 11.1 Å². The predicted molar refractivity (Wildman–Crippen MR) is 117 cm³/mol. The van der Waals surface area contributed by atoms with Crippen LogP contribution in [-0.2, 0) is 0 Å². The monoisotopic (exact) mass is 374 g/mol. The summed E-state index contributed by atoms with van der Waals surface area (Å²) in [6.07, 6.45) is 26.1. The molecule has 0 atom stereocenters. The van der Waals surface area contributed by atoms with E-state index >= 15 is 0 Å². The maximum absolute atomic E-state index is 6.35. The molecule has 0 spiro atoms. The lowest BCUT2D eigenvalue weighted by Gasteiger charge is -2.11. The Kier molecular flexibility index (Phi) is 18.7. The highest BCUT2D eigenvalue weighted by molar-refractivity contribution is 7.19. The van der Waals surface area contributed by atoms with Gasteiger partial charge >= 0.3 is 0 Å². The summed E-state index contributed by atoms with van der Waals surface area (Å²) >= 11 is 6.35. The molecule has 0 bridgehead atoms. The lowest BCUT2D eigenvalue weighted by atomic mass is 10.0. The van der Waals surface area contributed by atoms with E-state index in [2.05, 4.69) is 20.0 Å². The van der Waals surface area contributed by atoms with Crippen molar-refractivity contribution >= 4 is 18.5 Å². The molecule has 0 heterocycles. The highest BCUT2D eigenvalue weighted by Crippen LogP contribution is 2.19. The first-order valence-corrected chi connectivity index (χ1v) is 15.5. The summed E-state index contributed by atoms with van der Waals surface area (Å²) in [6.45, 7) is 6.83. The Morgan fingerprint density at radius 3 is 0.958 bits per heavy atom. The number of halogens is 1. The van der Waals surface area contributed by atoms with Crippen molar-refractivity contribution in [3.8, 4) is 0 Å². The van der Waals surface area contributed by atoms with Crippen LogP contribution in [0.25, 0.3) is 0 Å². The second-order valence-corrected chi connectivity index (χ2v) is 15.5. The lowest BCUT2D eigenvalue weighted by Crippen LogP contribution is -2.14. The minimum absolute atomic E-state index is 1.30. The minimum Gasteiger partial charge on any atom is -0.168 e. The van der Waals surface area contributed by atoms with Gasteiger partial charge < -0.3 is 0 Å². The third-order valence-electron chi connectivity index (χ3n) is 5.12. The van der Waals surface area contributed by atoms with Gasteiger partial charge in [0.25, 0.3) is 0 Å². The van der Waals surface area contributed by atoms with Crippen molar-refractivity contribution in [3.05, 3.63) is 0 Å². The van der Waals surface area contributed by atoms with E-state index in [-0.39, 0.29) is 0 Å². The van der Waals surface area contributed by atoms with Gasteiger partial charge in [0.05, 0.1) is 0 Å². The summed E-state index contributed by atoms with van der Waals surface area (Å²) in [5.41, 5.74) is 0. The lowest BCUT2D eigenvalue weighted by molar-refractivity contribution is 0.526. The van der Waals surface area contributed by atoms with E-state index in [1.807, 2.05) is 0 Å². The van der Waals surface area contributed by atoms with E-state index in [4.69, 9.17) is 11.1 Å². The Morgan fingerprint density at radius 1 is 0.458 bits per heavy atom. The SMILES string of the molecule is CCCCCCCCCCCCCCCCCCCC[Si](C)(C)Cl. The molecule has 0 unspecified atom stereocenters. The quantitative estimate of drug-likeness (QED) is 0.120. The van der Waals surface area contributed by atoms with Crippen LogP contribution in [0.1, 0.15) is 122 Å². The number of hydrogen-bond acceptors (Lipinski definition) is 0. The van der Waals surface area contributed by atoms with Crippen LogP contribution in [0.15, 0.2) is 0 Å². The van der Waals surface area contributed by atoms with E-state index in [1.165, 1.54) is 122 Å². The highest BCUT2D eigenvalue weighted by atomic mass is 35.6. The molecule has 0 nitrogen and oxygen atoms in total. The van der Waals surface area contributed by atoms with Crippen LogP contribution in [0, 0.1) is 0 Å². The number of rotatable bonds is 19. The standard InChI is InChI=1S/C22H47ClSi/c1-4-5-6-7-8-9-10-11-12-13-14-15-16-17-18-19-20-21-22-24(2,3)23/h4-22H2,1-3H3. The number of hydrogen-bond donors (Lipinski definition) is 0. The predicted octanol–water partition coefficient (Wildman–Crippen LogP) is 9.47. The van der Waals surface area contributed by atoms with Gasteiger partial charge in [0.15, 0.2) is 0 Å². The summed E-state index contributed by atoms with van der Waals surface area (Å²) in [5, 5.41) is 0. The van der Waals surface area contributed by atoms with Crippen molar-refractivity contribution in [1.82, 2.24) is 0 Å². The van der Waals surface area contributed by atoms with Crippen molar-refractivity contribution in [2.75, 3.05) is 0 Å². The molecule has 0 aromatic rings. The van der Waals surface area contributed by atoms with Gasteiger partial charge in [0.1, 0.15) is 7.38 Å². The zero-order chi connectivity index (χ0) is 17.9. The highest BCUT2D eigenvalue weighted by Gasteiger charge is 2.15. The van der Waals surface area contributed by atoms with Gasteiger partial charge in [0, 0.05) is 0 Å². The smallest absolute Gasteiger partial charge is 0.150 e. The molecule has 0 N–H and O–H groups in total. The van der Waals surface area contributed by atoms with Crippen LogP contribution < -0.4 is 0 Å². The fourth-order valence-electron chi connectivity index (χ4n) is 3.45. The molecule has 24 heavy (non-hydrogen) atoms. The molecule has 0 aliphatic carbocycles. The van der Waals surface area contributed by atoms with E-state index in [0.717, 1.165) is 0 Å². The van der Waals surface area contributed by atoms with Crippen LogP contribution in [0.4, 0.5) is 0 Å². The van der Waals surface area contributed by atoms with Crippen molar-refractivity contribution in [2.24, 2.45) is 0 Å². The Hall–Kier alpha value is 0.507. The molecule has 0 amide bonds. The zero-order valence-electron chi connectivity index (χ0n) is 17.3. The van der Waals surface area contributed by atoms with E-state index in [9.17, 15) is 0 Å². The van der Waals surface area contributed by atoms with Crippen molar-refractivity contribution in [3.63, 3.8) is 0 Å². The molecule has 2 heteroatoms. The van der Waals surface area contributed by atoms with Crippen LogP contribution in [0.2, 0.25) is 19.1 Å². The first-order chi connectivity index (χ1) is 11.6. The molecule has 0 radical (unpaired) electrons. The Labute approximate surface area is 160 Å². The van der Waals surface area contributed by atoms with Gasteiger partial charge in [-0.25, -0.2) is 0 Å². The van der Waals surface area contributed by atoms with Crippen LogP contribution in [0.5, 0.6) is 0 Å². The molecule has 0 aliphatic heterocycles. The second-order valence-electron chi connectivity index (χ2n) is 8.48. The Balaban J connectivity index is 3.00. The third kappa shape index (κ3) is 22.5. The largest absolute Gasteiger partial charge is 0.168 e. The molecule has 0 aromatic carbocycles. The van der Waals surface area contributed by atoms with Gasteiger partial charge in [0.2, 0.25) is 0 Å².